The molecular weight excluding hydrogens is 147 g/mol. The van der Waals surface area contributed by atoms with Crippen molar-refractivity contribution in [2.75, 3.05) is 0 Å². The number of hydrogen-bond acceptors (Lipinski definition) is 3. The average Bonchev–Trinajstić information content (AvgIpc) is 1.83. The van der Waals surface area contributed by atoms with Gasteiger partial charge in [-0.15, -0.1) is 0 Å². The molecule has 0 aliphatic heterocycles. The van der Waals surface area contributed by atoms with Crippen LogP contribution in [-0.4, -0.2) is 46.5 Å². The van der Waals surface area contributed by atoms with E-state index in [1.54, 1.807) is 5.43 Å². The van der Waals surface area contributed by atoms with E-state index >= 15 is 0 Å². The molecule has 51 valence electrons. The van der Waals surface area contributed by atoms with E-state index in [-0.39, 0.29) is 29.6 Å². The fraction of sp³-hybridized carbons (Fsp3) is 0. The van der Waals surface area contributed by atoms with Gasteiger partial charge in [-0.05, 0) is 0 Å². The summed E-state index contributed by atoms with van der Waals surface area (Å²) in [7, 11) is 0. The average molecular weight is 153 g/mol. The number of amides is 1. The molecule has 0 rings (SSSR count). The van der Waals surface area contributed by atoms with Crippen molar-refractivity contribution in [3.8, 4) is 0 Å². The van der Waals surface area contributed by atoms with Gasteiger partial charge in [0.05, 0.1) is 0 Å². The maximum Gasteiger partial charge on any atom is 0.328 e. The Morgan fingerprint density at radius 1 is 1.40 bits per heavy atom. The van der Waals surface area contributed by atoms with Crippen molar-refractivity contribution >= 4 is 41.4 Å². The van der Waals surface area contributed by atoms with Crippen LogP contribution in [0.15, 0.2) is 12.2 Å². The predicted molar refractivity (Wildman–Crippen MR) is 34.9 cm³/mol. The van der Waals surface area contributed by atoms with E-state index in [0.717, 1.165) is 6.08 Å². The molecule has 0 saturated heterocycles. The molecule has 0 saturated carbocycles. The number of aliphatic carboxylic acids is 1. The van der Waals surface area contributed by atoms with Gasteiger partial charge in [0.2, 0.25) is 0 Å². The summed E-state index contributed by atoms with van der Waals surface area (Å²) in [6.07, 6.45) is 1.52. The standard InChI is InChI=1S/C4H6N2O3.Na/c5-6-3(7)1-2-4(8)9;/h1-2H,5H2,(H,6,7)(H,8,9);. The minimum atomic E-state index is -1.18. The van der Waals surface area contributed by atoms with E-state index in [4.69, 9.17) is 5.11 Å². The first kappa shape index (κ1) is 12.3. The van der Waals surface area contributed by atoms with Crippen LogP contribution in [-0.2, 0) is 9.59 Å². The van der Waals surface area contributed by atoms with E-state index in [0.29, 0.717) is 6.08 Å². The minimum Gasteiger partial charge on any atom is -0.478 e. The zero-order chi connectivity index (χ0) is 7.28. The van der Waals surface area contributed by atoms with Crippen molar-refractivity contribution in [2.45, 2.75) is 0 Å². The number of carboxylic acids is 1. The second-order valence-electron chi connectivity index (χ2n) is 1.18. The van der Waals surface area contributed by atoms with Gasteiger partial charge >= 0.3 is 5.97 Å². The molecule has 0 heterocycles. The Morgan fingerprint density at radius 3 is 2.20 bits per heavy atom. The second kappa shape index (κ2) is 6.76. The molecule has 1 radical (unpaired) electrons. The van der Waals surface area contributed by atoms with Crippen LogP contribution in [0.25, 0.3) is 0 Å². The number of carboxylic acid groups (broad SMARTS) is 1. The van der Waals surface area contributed by atoms with Crippen molar-refractivity contribution in [1.29, 1.82) is 0 Å². The number of hydrazine groups is 1. The monoisotopic (exact) mass is 153 g/mol. The summed E-state index contributed by atoms with van der Waals surface area (Å²) in [5.74, 6) is 2.79. The fourth-order valence-corrected chi connectivity index (χ4v) is 0.195. The summed E-state index contributed by atoms with van der Waals surface area (Å²) in [4.78, 5) is 19.8. The van der Waals surface area contributed by atoms with Crippen LogP contribution in [0, 0.1) is 0 Å². The number of carbonyl (C=O) groups is 2. The third kappa shape index (κ3) is 7.64. The summed E-state index contributed by atoms with van der Waals surface area (Å²) in [5, 5.41) is 7.95. The second-order valence-corrected chi connectivity index (χ2v) is 1.18. The van der Waals surface area contributed by atoms with E-state index in [1.165, 1.54) is 0 Å². The molecule has 0 aromatic rings. The van der Waals surface area contributed by atoms with Crippen molar-refractivity contribution in [3.63, 3.8) is 0 Å². The van der Waals surface area contributed by atoms with Crippen LogP contribution >= 0.6 is 0 Å². The fourth-order valence-electron chi connectivity index (χ4n) is 0.195. The number of rotatable bonds is 2. The summed E-state index contributed by atoms with van der Waals surface area (Å²) >= 11 is 0. The smallest absolute Gasteiger partial charge is 0.328 e. The number of nitrogens with two attached hydrogens (primary N) is 1. The normalized spacial score (nSPS) is 8.50. The van der Waals surface area contributed by atoms with Crippen LogP contribution in [0.5, 0.6) is 0 Å². The first-order chi connectivity index (χ1) is 4.16. The Hall–Kier alpha value is -0.360. The van der Waals surface area contributed by atoms with Crippen LogP contribution in [0.1, 0.15) is 0 Å². The van der Waals surface area contributed by atoms with Gasteiger partial charge in [0.15, 0.2) is 0 Å². The van der Waals surface area contributed by atoms with E-state index < -0.39 is 11.9 Å². The van der Waals surface area contributed by atoms with Gasteiger partial charge in [-0.25, -0.2) is 10.6 Å². The van der Waals surface area contributed by atoms with Gasteiger partial charge in [-0.1, -0.05) is 0 Å². The van der Waals surface area contributed by atoms with Crippen molar-refractivity contribution in [3.05, 3.63) is 12.2 Å². The van der Waals surface area contributed by atoms with Crippen LogP contribution < -0.4 is 11.3 Å². The van der Waals surface area contributed by atoms with Crippen LogP contribution in [0.2, 0.25) is 0 Å². The molecule has 10 heavy (non-hydrogen) atoms. The molecule has 0 atom stereocenters. The van der Waals surface area contributed by atoms with Crippen molar-refractivity contribution < 1.29 is 14.7 Å². The largest absolute Gasteiger partial charge is 0.478 e. The Balaban J connectivity index is 0. The summed E-state index contributed by atoms with van der Waals surface area (Å²) in [6.45, 7) is 0. The maximum absolute atomic E-state index is 10.1. The molecule has 5 nitrogen and oxygen atoms in total. The molecule has 1 amide bonds. The maximum atomic E-state index is 10.1. The molecule has 4 N–H and O–H groups in total. The molecule has 0 aliphatic carbocycles. The first-order valence-electron chi connectivity index (χ1n) is 2.08. The van der Waals surface area contributed by atoms with Gasteiger partial charge in [-0.2, -0.15) is 0 Å². The molecule has 0 fully saturated rings. The minimum absolute atomic E-state index is 0. The third-order valence-corrected chi connectivity index (χ3v) is 0.520. The van der Waals surface area contributed by atoms with Gasteiger partial charge in [0.1, 0.15) is 0 Å². The van der Waals surface area contributed by atoms with E-state index in [9.17, 15) is 9.59 Å². The zero-order valence-corrected chi connectivity index (χ0v) is 7.50. The number of carbonyl (C=O) groups excluding carboxylic acids is 1. The van der Waals surface area contributed by atoms with Gasteiger partial charge in [0.25, 0.3) is 5.91 Å². The quantitative estimate of drug-likeness (QED) is 0.144. The van der Waals surface area contributed by atoms with Crippen molar-refractivity contribution in [1.82, 2.24) is 5.43 Å². The Morgan fingerprint density at radius 2 is 1.90 bits per heavy atom. The predicted octanol–water partition coefficient (Wildman–Crippen LogP) is -1.76. The summed E-state index contributed by atoms with van der Waals surface area (Å²) in [6, 6.07) is 0. The van der Waals surface area contributed by atoms with E-state index in [2.05, 4.69) is 5.84 Å². The first-order valence-corrected chi connectivity index (χ1v) is 2.08. The molecule has 0 spiro atoms. The van der Waals surface area contributed by atoms with Gasteiger partial charge in [0, 0.05) is 41.7 Å². The molecule has 6 heteroatoms. The van der Waals surface area contributed by atoms with Crippen molar-refractivity contribution in [2.24, 2.45) is 5.84 Å². The molecule has 0 aromatic carbocycles. The van der Waals surface area contributed by atoms with Gasteiger partial charge < -0.3 is 5.11 Å². The van der Waals surface area contributed by atoms with E-state index in [1.807, 2.05) is 0 Å². The van der Waals surface area contributed by atoms with Gasteiger partial charge in [-0.3, -0.25) is 10.2 Å². The Kier molecular flexibility index (Phi) is 8.33. The molecule has 0 aromatic heterocycles. The Labute approximate surface area is 79.5 Å². The molecule has 0 bridgehead atoms. The molecular formula is C4H6N2NaO3. The number of hydrogen-bond donors (Lipinski definition) is 3. The molecule has 0 aliphatic rings. The SMILES string of the molecule is NNC(=O)C=CC(=O)O.[Na]. The summed E-state index contributed by atoms with van der Waals surface area (Å²) < 4.78 is 0. The zero-order valence-electron chi connectivity index (χ0n) is 5.50. The summed E-state index contributed by atoms with van der Waals surface area (Å²) in [5.41, 5.74) is 1.73. The number of nitrogens with one attached hydrogen (secondary N) is 1. The van der Waals surface area contributed by atoms with Crippen LogP contribution in [0.4, 0.5) is 0 Å². The Bertz CT molecular complexity index is 157. The molecule has 0 unspecified atom stereocenters. The third-order valence-electron chi connectivity index (χ3n) is 0.520. The van der Waals surface area contributed by atoms with Crippen LogP contribution in [0.3, 0.4) is 0 Å². The topological polar surface area (TPSA) is 92.4 Å².